The number of aromatic nitrogens is 5. The minimum absolute atomic E-state index is 0.754. The minimum atomic E-state index is 0.754. The Labute approximate surface area is 128 Å². The number of imidazole rings is 1. The molecule has 1 fully saturated rings. The van der Waals surface area contributed by atoms with Crippen molar-refractivity contribution in [2.24, 2.45) is 5.92 Å². The van der Waals surface area contributed by atoms with E-state index in [1.807, 2.05) is 48.1 Å². The number of nitrogens with zero attached hydrogens (tertiary/aromatic N) is 5. The highest BCUT2D eigenvalue weighted by Crippen LogP contribution is 2.29. The molecule has 0 radical (unpaired) electrons. The molecule has 6 heteroatoms. The summed E-state index contributed by atoms with van der Waals surface area (Å²) in [6.07, 6.45) is 8.11. The van der Waals surface area contributed by atoms with Gasteiger partial charge in [0.2, 0.25) is 0 Å². The summed E-state index contributed by atoms with van der Waals surface area (Å²) in [4.78, 5) is 4.20. The van der Waals surface area contributed by atoms with Gasteiger partial charge in [0.1, 0.15) is 11.6 Å². The Morgan fingerprint density at radius 2 is 2.05 bits per heavy atom. The van der Waals surface area contributed by atoms with E-state index in [1.54, 1.807) is 10.9 Å². The van der Waals surface area contributed by atoms with Crippen molar-refractivity contribution in [3.05, 3.63) is 48.7 Å². The molecule has 0 unspecified atom stereocenters. The van der Waals surface area contributed by atoms with Crippen molar-refractivity contribution >= 4 is 0 Å². The van der Waals surface area contributed by atoms with Crippen molar-refractivity contribution in [2.75, 3.05) is 6.61 Å². The van der Waals surface area contributed by atoms with Crippen LogP contribution in [-0.2, 0) is 0 Å². The molecule has 0 spiro atoms. The molecule has 2 heterocycles. The van der Waals surface area contributed by atoms with Crippen molar-refractivity contribution in [3.63, 3.8) is 0 Å². The van der Waals surface area contributed by atoms with Gasteiger partial charge in [-0.1, -0.05) is 5.21 Å². The van der Waals surface area contributed by atoms with Crippen LogP contribution in [0.3, 0.4) is 0 Å². The largest absolute Gasteiger partial charge is 0.493 e. The Morgan fingerprint density at radius 1 is 1.23 bits per heavy atom. The summed E-state index contributed by atoms with van der Waals surface area (Å²) in [7, 11) is 0. The standard InChI is InChI=1S/C16H17N5O/c1-12-17-8-9-20(12)16-10-21(19-18-16)14-4-6-15(7-5-14)22-11-13-2-3-13/h4-10,13H,2-3,11H2,1H3. The van der Waals surface area contributed by atoms with Crippen LogP contribution in [0.4, 0.5) is 0 Å². The molecule has 4 rings (SSSR count). The van der Waals surface area contributed by atoms with E-state index >= 15 is 0 Å². The summed E-state index contributed by atoms with van der Waals surface area (Å²) in [6, 6.07) is 7.92. The molecule has 1 saturated carbocycles. The fraction of sp³-hybridized carbons (Fsp3) is 0.312. The molecule has 0 amide bonds. The maximum Gasteiger partial charge on any atom is 0.181 e. The van der Waals surface area contributed by atoms with Gasteiger partial charge in [-0.3, -0.25) is 4.57 Å². The molecule has 2 aromatic heterocycles. The van der Waals surface area contributed by atoms with E-state index in [-0.39, 0.29) is 0 Å². The molecule has 22 heavy (non-hydrogen) atoms. The lowest BCUT2D eigenvalue weighted by Gasteiger charge is -2.06. The lowest BCUT2D eigenvalue weighted by molar-refractivity contribution is 0.300. The van der Waals surface area contributed by atoms with E-state index in [1.165, 1.54) is 12.8 Å². The van der Waals surface area contributed by atoms with Crippen LogP contribution in [0.5, 0.6) is 5.75 Å². The summed E-state index contributed by atoms with van der Waals surface area (Å²) < 4.78 is 9.39. The summed E-state index contributed by atoms with van der Waals surface area (Å²) in [5.74, 6) is 3.30. The summed E-state index contributed by atoms with van der Waals surface area (Å²) in [6.45, 7) is 2.76. The second kappa shape index (κ2) is 5.29. The second-order valence-corrected chi connectivity index (χ2v) is 5.61. The lowest BCUT2D eigenvalue weighted by Crippen LogP contribution is -1.99. The van der Waals surface area contributed by atoms with Gasteiger partial charge in [-0.2, -0.15) is 0 Å². The molecule has 1 aromatic carbocycles. The van der Waals surface area contributed by atoms with Crippen LogP contribution in [0.1, 0.15) is 18.7 Å². The van der Waals surface area contributed by atoms with Gasteiger partial charge in [-0.25, -0.2) is 9.67 Å². The number of rotatable bonds is 5. The predicted molar refractivity (Wildman–Crippen MR) is 81.4 cm³/mol. The fourth-order valence-electron chi connectivity index (χ4n) is 2.31. The van der Waals surface area contributed by atoms with Crippen molar-refractivity contribution in [1.29, 1.82) is 0 Å². The van der Waals surface area contributed by atoms with E-state index < -0.39 is 0 Å². The Bertz CT molecular complexity index is 770. The third-order valence-corrected chi connectivity index (χ3v) is 3.84. The van der Waals surface area contributed by atoms with E-state index in [2.05, 4.69) is 15.3 Å². The molecule has 3 aromatic rings. The zero-order valence-electron chi connectivity index (χ0n) is 12.4. The number of ether oxygens (including phenoxy) is 1. The summed E-state index contributed by atoms with van der Waals surface area (Å²) >= 11 is 0. The van der Waals surface area contributed by atoms with Crippen molar-refractivity contribution in [1.82, 2.24) is 24.5 Å². The number of benzene rings is 1. The minimum Gasteiger partial charge on any atom is -0.493 e. The molecule has 0 aliphatic heterocycles. The zero-order chi connectivity index (χ0) is 14.9. The molecule has 0 atom stereocenters. The Kier molecular flexibility index (Phi) is 3.14. The SMILES string of the molecule is Cc1nccn1-c1cn(-c2ccc(OCC3CC3)cc2)nn1. The van der Waals surface area contributed by atoms with E-state index in [9.17, 15) is 0 Å². The number of hydrogen-bond donors (Lipinski definition) is 0. The quantitative estimate of drug-likeness (QED) is 0.726. The van der Waals surface area contributed by atoms with Gasteiger partial charge >= 0.3 is 0 Å². The molecular weight excluding hydrogens is 278 g/mol. The molecule has 112 valence electrons. The highest BCUT2D eigenvalue weighted by Gasteiger charge is 2.21. The van der Waals surface area contributed by atoms with E-state index in [4.69, 9.17) is 4.74 Å². The smallest absolute Gasteiger partial charge is 0.181 e. The van der Waals surface area contributed by atoms with Gasteiger partial charge in [-0.15, -0.1) is 5.10 Å². The van der Waals surface area contributed by atoms with Crippen molar-refractivity contribution in [3.8, 4) is 17.3 Å². The van der Waals surface area contributed by atoms with Gasteiger partial charge in [0, 0.05) is 12.4 Å². The maximum absolute atomic E-state index is 5.74. The Balaban J connectivity index is 1.51. The predicted octanol–water partition coefficient (Wildman–Crippen LogP) is 2.55. The van der Waals surface area contributed by atoms with Gasteiger partial charge in [0.25, 0.3) is 0 Å². The highest BCUT2D eigenvalue weighted by atomic mass is 16.5. The third kappa shape index (κ3) is 2.59. The highest BCUT2D eigenvalue weighted by molar-refractivity contribution is 5.37. The third-order valence-electron chi connectivity index (χ3n) is 3.84. The van der Waals surface area contributed by atoms with Crippen LogP contribution in [0.25, 0.3) is 11.5 Å². The lowest BCUT2D eigenvalue weighted by atomic mass is 10.3. The normalized spacial score (nSPS) is 14.2. The van der Waals surface area contributed by atoms with E-state index in [0.29, 0.717) is 0 Å². The molecule has 1 aliphatic carbocycles. The molecule has 1 aliphatic rings. The Hall–Kier alpha value is -2.63. The topological polar surface area (TPSA) is 57.8 Å². The van der Waals surface area contributed by atoms with Crippen molar-refractivity contribution < 1.29 is 4.74 Å². The second-order valence-electron chi connectivity index (χ2n) is 5.61. The zero-order valence-corrected chi connectivity index (χ0v) is 12.4. The number of hydrogen-bond acceptors (Lipinski definition) is 4. The first-order valence-electron chi connectivity index (χ1n) is 7.45. The first kappa shape index (κ1) is 13.1. The maximum atomic E-state index is 5.74. The summed E-state index contributed by atoms with van der Waals surface area (Å²) in [5, 5.41) is 8.37. The average Bonchev–Trinajstić information content (AvgIpc) is 3.07. The first-order chi connectivity index (χ1) is 10.8. The van der Waals surface area contributed by atoms with Crippen LogP contribution in [0, 0.1) is 12.8 Å². The monoisotopic (exact) mass is 295 g/mol. The average molecular weight is 295 g/mol. The van der Waals surface area contributed by atoms with Gasteiger partial charge in [-0.05, 0) is 49.9 Å². The molecule has 0 N–H and O–H groups in total. The molecule has 0 bridgehead atoms. The van der Waals surface area contributed by atoms with Gasteiger partial charge < -0.3 is 4.74 Å². The summed E-state index contributed by atoms with van der Waals surface area (Å²) in [5.41, 5.74) is 0.954. The van der Waals surface area contributed by atoms with Crippen LogP contribution in [-0.4, -0.2) is 31.2 Å². The first-order valence-corrected chi connectivity index (χ1v) is 7.45. The molecular formula is C16H17N5O. The van der Waals surface area contributed by atoms with Gasteiger partial charge in [0.05, 0.1) is 18.5 Å². The van der Waals surface area contributed by atoms with Crippen molar-refractivity contribution in [2.45, 2.75) is 19.8 Å². The number of aryl methyl sites for hydroxylation is 1. The molecule has 0 saturated heterocycles. The van der Waals surface area contributed by atoms with Crippen LogP contribution in [0.15, 0.2) is 42.9 Å². The fourth-order valence-corrected chi connectivity index (χ4v) is 2.31. The van der Waals surface area contributed by atoms with Crippen LogP contribution >= 0.6 is 0 Å². The molecule has 6 nitrogen and oxygen atoms in total. The van der Waals surface area contributed by atoms with Gasteiger partial charge in [0.15, 0.2) is 5.82 Å². The van der Waals surface area contributed by atoms with Crippen LogP contribution in [0.2, 0.25) is 0 Å². The Morgan fingerprint density at radius 3 is 2.73 bits per heavy atom. The van der Waals surface area contributed by atoms with E-state index in [0.717, 1.165) is 35.6 Å². The van der Waals surface area contributed by atoms with Crippen LogP contribution < -0.4 is 4.74 Å².